The summed E-state index contributed by atoms with van der Waals surface area (Å²) in [6, 6.07) is 5.63. The third kappa shape index (κ3) is 2.33. The topological polar surface area (TPSA) is 20.2 Å². The van der Waals surface area contributed by atoms with Gasteiger partial charge in [0, 0.05) is 6.42 Å². The Balaban J connectivity index is 1.67. The molecule has 3 atom stereocenters. The average molecular weight is 271 g/mol. The van der Waals surface area contributed by atoms with Gasteiger partial charge in [-0.15, -0.1) is 0 Å². The zero-order valence-electron chi connectivity index (χ0n) is 9.57. The van der Waals surface area contributed by atoms with Crippen LogP contribution in [-0.4, -0.2) is 11.2 Å². The predicted octanol–water partition coefficient (Wildman–Crippen LogP) is 3.94. The summed E-state index contributed by atoms with van der Waals surface area (Å²) in [6.07, 6.45) is 4.15. The first-order chi connectivity index (χ1) is 8.15. The summed E-state index contributed by atoms with van der Waals surface area (Å²) >= 11 is 12.1. The summed E-state index contributed by atoms with van der Waals surface area (Å²) in [5, 5.41) is 11.4. The lowest BCUT2D eigenvalue weighted by atomic mass is 9.92. The van der Waals surface area contributed by atoms with Gasteiger partial charge < -0.3 is 5.11 Å². The van der Waals surface area contributed by atoms with Crippen molar-refractivity contribution in [2.75, 3.05) is 0 Å². The number of aliphatic hydroxyl groups is 1. The van der Waals surface area contributed by atoms with E-state index in [9.17, 15) is 5.11 Å². The molecule has 1 N–H and O–H groups in total. The van der Waals surface area contributed by atoms with E-state index in [0.717, 1.165) is 17.4 Å². The van der Waals surface area contributed by atoms with E-state index in [4.69, 9.17) is 23.2 Å². The molecule has 2 aliphatic rings. The van der Waals surface area contributed by atoms with Gasteiger partial charge in [0.25, 0.3) is 0 Å². The first-order valence-corrected chi connectivity index (χ1v) is 7.01. The highest BCUT2D eigenvalue weighted by Gasteiger charge is 2.47. The molecule has 0 amide bonds. The van der Waals surface area contributed by atoms with Gasteiger partial charge in [-0.1, -0.05) is 35.3 Å². The van der Waals surface area contributed by atoms with E-state index in [0.29, 0.717) is 22.4 Å². The minimum atomic E-state index is -0.265. The highest BCUT2D eigenvalue weighted by Crippen LogP contribution is 2.55. The maximum absolute atomic E-state index is 10.3. The number of fused-ring (bicyclic) bond motifs is 1. The Morgan fingerprint density at radius 1 is 1.18 bits per heavy atom. The van der Waals surface area contributed by atoms with Gasteiger partial charge in [0.15, 0.2) is 0 Å². The van der Waals surface area contributed by atoms with Crippen LogP contribution in [0.4, 0.5) is 0 Å². The summed E-state index contributed by atoms with van der Waals surface area (Å²) in [7, 11) is 0. The molecule has 2 saturated carbocycles. The van der Waals surface area contributed by atoms with Crippen molar-refractivity contribution in [1.29, 1.82) is 0 Å². The zero-order chi connectivity index (χ0) is 12.0. The molecule has 0 radical (unpaired) electrons. The van der Waals surface area contributed by atoms with E-state index in [-0.39, 0.29) is 6.10 Å². The third-order valence-corrected chi connectivity index (χ3v) is 5.14. The molecule has 3 heteroatoms. The van der Waals surface area contributed by atoms with Crippen LogP contribution in [0.2, 0.25) is 10.0 Å². The molecule has 17 heavy (non-hydrogen) atoms. The van der Waals surface area contributed by atoms with E-state index in [2.05, 4.69) is 0 Å². The van der Waals surface area contributed by atoms with E-state index in [1.807, 2.05) is 12.1 Å². The molecule has 0 aromatic heterocycles. The molecule has 2 aliphatic carbocycles. The number of benzene rings is 1. The van der Waals surface area contributed by atoms with Crippen LogP contribution in [0.1, 0.15) is 24.8 Å². The molecule has 1 aromatic carbocycles. The Hall–Kier alpha value is -0.240. The number of rotatable bonds is 3. The van der Waals surface area contributed by atoms with Gasteiger partial charge in [-0.3, -0.25) is 0 Å². The molecule has 3 unspecified atom stereocenters. The molecule has 3 rings (SSSR count). The van der Waals surface area contributed by atoms with Crippen molar-refractivity contribution < 1.29 is 5.11 Å². The highest BCUT2D eigenvalue weighted by molar-refractivity contribution is 6.42. The Labute approximate surface area is 112 Å². The molecular formula is C14H16Cl2O. The Kier molecular flexibility index (Phi) is 3.10. The summed E-state index contributed by atoms with van der Waals surface area (Å²) in [5.41, 5.74) is 0.965. The highest BCUT2D eigenvalue weighted by atomic mass is 35.5. The molecule has 1 aromatic rings. The molecule has 2 fully saturated rings. The second-order valence-corrected chi connectivity index (χ2v) is 6.26. The second kappa shape index (κ2) is 4.46. The van der Waals surface area contributed by atoms with Gasteiger partial charge in [0.05, 0.1) is 16.1 Å². The van der Waals surface area contributed by atoms with Crippen molar-refractivity contribution in [2.24, 2.45) is 17.8 Å². The lowest BCUT2D eigenvalue weighted by molar-refractivity contribution is 0.104. The van der Waals surface area contributed by atoms with Crippen LogP contribution in [0.5, 0.6) is 0 Å². The summed E-state index contributed by atoms with van der Waals surface area (Å²) < 4.78 is 0. The van der Waals surface area contributed by atoms with Gasteiger partial charge in [0.1, 0.15) is 0 Å². The minimum absolute atomic E-state index is 0.265. The molecule has 1 nitrogen and oxygen atoms in total. The van der Waals surface area contributed by atoms with Crippen LogP contribution in [0.25, 0.3) is 0 Å². The number of hydrogen-bond donors (Lipinski definition) is 1. The number of aliphatic hydroxyl groups excluding tert-OH is 1. The van der Waals surface area contributed by atoms with Crippen LogP contribution in [0.15, 0.2) is 18.2 Å². The average Bonchev–Trinajstić information content (AvgIpc) is 2.92. The Morgan fingerprint density at radius 3 is 2.59 bits per heavy atom. The molecule has 0 bridgehead atoms. The summed E-state index contributed by atoms with van der Waals surface area (Å²) in [4.78, 5) is 0. The van der Waals surface area contributed by atoms with Gasteiger partial charge >= 0.3 is 0 Å². The number of hydrogen-bond acceptors (Lipinski definition) is 1. The van der Waals surface area contributed by atoms with Crippen molar-refractivity contribution in [3.8, 4) is 0 Å². The third-order valence-electron chi connectivity index (χ3n) is 4.28. The Morgan fingerprint density at radius 2 is 1.88 bits per heavy atom. The summed E-state index contributed by atoms with van der Waals surface area (Å²) in [6.45, 7) is 0. The fraction of sp³-hybridized carbons (Fsp3) is 0.571. The molecule has 0 saturated heterocycles. The van der Waals surface area contributed by atoms with Crippen LogP contribution in [0.3, 0.4) is 0 Å². The fourth-order valence-corrected chi connectivity index (χ4v) is 3.57. The predicted molar refractivity (Wildman–Crippen MR) is 70.5 cm³/mol. The van der Waals surface area contributed by atoms with Gasteiger partial charge in [-0.2, -0.15) is 0 Å². The molecule has 0 spiro atoms. The van der Waals surface area contributed by atoms with Crippen molar-refractivity contribution >= 4 is 23.2 Å². The second-order valence-electron chi connectivity index (χ2n) is 5.47. The maximum Gasteiger partial charge on any atom is 0.0625 e. The monoisotopic (exact) mass is 270 g/mol. The SMILES string of the molecule is OC(Cc1cccc(Cl)c1Cl)C1CC2CC2C1. The van der Waals surface area contributed by atoms with E-state index >= 15 is 0 Å². The van der Waals surface area contributed by atoms with Gasteiger partial charge in [-0.25, -0.2) is 0 Å². The van der Waals surface area contributed by atoms with Crippen molar-refractivity contribution in [3.05, 3.63) is 33.8 Å². The Bertz CT molecular complexity index is 422. The fourth-order valence-electron chi connectivity index (χ4n) is 3.17. The number of halogens is 2. The minimum Gasteiger partial charge on any atom is -0.392 e. The quantitative estimate of drug-likeness (QED) is 0.882. The van der Waals surface area contributed by atoms with Gasteiger partial charge in [-0.05, 0) is 48.6 Å². The van der Waals surface area contributed by atoms with E-state index in [1.54, 1.807) is 6.07 Å². The van der Waals surface area contributed by atoms with Crippen LogP contribution < -0.4 is 0 Å². The molecule has 0 heterocycles. The van der Waals surface area contributed by atoms with Gasteiger partial charge in [0.2, 0.25) is 0 Å². The molecular weight excluding hydrogens is 255 g/mol. The normalized spacial score (nSPS) is 32.3. The van der Waals surface area contributed by atoms with E-state index < -0.39 is 0 Å². The largest absolute Gasteiger partial charge is 0.392 e. The first kappa shape index (κ1) is 11.8. The van der Waals surface area contributed by atoms with Crippen molar-refractivity contribution in [3.63, 3.8) is 0 Å². The maximum atomic E-state index is 10.3. The molecule has 92 valence electrons. The van der Waals surface area contributed by atoms with E-state index in [1.165, 1.54) is 19.3 Å². The van der Waals surface area contributed by atoms with Crippen LogP contribution >= 0.6 is 23.2 Å². The van der Waals surface area contributed by atoms with Crippen molar-refractivity contribution in [1.82, 2.24) is 0 Å². The summed E-state index contributed by atoms with van der Waals surface area (Å²) in [5.74, 6) is 2.28. The standard InChI is InChI=1S/C14H16Cl2O/c15-12-3-1-2-8(14(12)16)7-13(17)11-5-9-4-10(9)6-11/h1-3,9-11,13,17H,4-7H2. The van der Waals surface area contributed by atoms with Crippen LogP contribution in [0, 0.1) is 17.8 Å². The lowest BCUT2D eigenvalue weighted by Crippen LogP contribution is -2.21. The lowest BCUT2D eigenvalue weighted by Gasteiger charge is -2.20. The zero-order valence-corrected chi connectivity index (χ0v) is 11.1. The first-order valence-electron chi connectivity index (χ1n) is 6.26. The van der Waals surface area contributed by atoms with Crippen molar-refractivity contribution in [2.45, 2.75) is 31.8 Å². The van der Waals surface area contributed by atoms with Crippen LogP contribution in [-0.2, 0) is 6.42 Å². The molecule has 0 aliphatic heterocycles. The smallest absolute Gasteiger partial charge is 0.0625 e.